The van der Waals surface area contributed by atoms with E-state index in [0.29, 0.717) is 21.7 Å². The Labute approximate surface area is 126 Å². The number of aryl methyl sites for hydroxylation is 1. The van der Waals surface area contributed by atoms with Crippen LogP contribution in [-0.2, 0) is 0 Å². The summed E-state index contributed by atoms with van der Waals surface area (Å²) in [7, 11) is 0. The van der Waals surface area contributed by atoms with Crippen molar-refractivity contribution in [2.24, 2.45) is 0 Å². The first-order valence-electron chi connectivity index (χ1n) is 6.04. The van der Waals surface area contributed by atoms with E-state index < -0.39 is 0 Å². The monoisotopic (exact) mass is 303 g/mol. The number of hydrogen-bond acceptors (Lipinski definition) is 3. The third-order valence-corrected chi connectivity index (χ3v) is 3.76. The molecule has 0 saturated heterocycles. The van der Waals surface area contributed by atoms with Crippen molar-refractivity contribution in [3.63, 3.8) is 0 Å². The Hall–Kier alpha value is -1.84. The molecule has 0 saturated carbocycles. The van der Waals surface area contributed by atoms with Crippen LogP contribution in [0.15, 0.2) is 36.4 Å². The van der Waals surface area contributed by atoms with Crippen molar-refractivity contribution in [2.45, 2.75) is 6.92 Å². The molecule has 0 aliphatic rings. The predicted molar refractivity (Wildman–Crippen MR) is 84.1 cm³/mol. The van der Waals surface area contributed by atoms with Crippen molar-refractivity contribution in [3.8, 4) is 11.4 Å². The van der Waals surface area contributed by atoms with Crippen LogP contribution < -0.4 is 5.73 Å². The first-order valence-corrected chi connectivity index (χ1v) is 6.79. The van der Waals surface area contributed by atoms with Crippen molar-refractivity contribution in [3.05, 3.63) is 52.0 Å². The molecule has 0 spiro atoms. The highest BCUT2D eigenvalue weighted by Crippen LogP contribution is 2.27. The fourth-order valence-electron chi connectivity index (χ4n) is 1.99. The molecule has 0 bridgehead atoms. The Bertz CT molecular complexity index is 816. The molecule has 1 aromatic heterocycles. The van der Waals surface area contributed by atoms with Crippen molar-refractivity contribution in [1.29, 1.82) is 0 Å². The Kier molecular flexibility index (Phi) is 3.24. The van der Waals surface area contributed by atoms with Gasteiger partial charge in [0.25, 0.3) is 0 Å². The van der Waals surface area contributed by atoms with Crippen molar-refractivity contribution in [2.75, 3.05) is 5.73 Å². The van der Waals surface area contributed by atoms with Crippen LogP contribution in [0.4, 0.5) is 5.82 Å². The molecule has 0 aliphatic carbocycles. The minimum absolute atomic E-state index is 0.429. The second-order valence-corrected chi connectivity index (χ2v) is 5.40. The standard InChI is InChI=1S/C15H11Cl2N3/c1-8-2-3-9(6-12(8)17)15-19-13-7-10(16)4-5-11(13)14(18)20-15/h2-7H,1H3,(H2,18,19,20). The minimum Gasteiger partial charge on any atom is -0.383 e. The molecule has 20 heavy (non-hydrogen) atoms. The average molecular weight is 304 g/mol. The quantitative estimate of drug-likeness (QED) is 0.720. The van der Waals surface area contributed by atoms with Gasteiger partial charge >= 0.3 is 0 Å². The number of aromatic nitrogens is 2. The van der Waals surface area contributed by atoms with Crippen LogP contribution in [0.25, 0.3) is 22.3 Å². The third-order valence-electron chi connectivity index (χ3n) is 3.12. The summed E-state index contributed by atoms with van der Waals surface area (Å²) >= 11 is 12.1. The lowest BCUT2D eigenvalue weighted by Crippen LogP contribution is -1.98. The highest BCUT2D eigenvalue weighted by Gasteiger charge is 2.09. The average Bonchev–Trinajstić information content (AvgIpc) is 2.41. The number of anilines is 1. The molecule has 3 nitrogen and oxygen atoms in total. The number of nitrogen functional groups attached to an aromatic ring is 1. The lowest BCUT2D eigenvalue weighted by molar-refractivity contribution is 1.23. The van der Waals surface area contributed by atoms with E-state index in [9.17, 15) is 0 Å². The second-order valence-electron chi connectivity index (χ2n) is 4.56. The number of halogens is 2. The van der Waals surface area contributed by atoms with Crippen molar-refractivity contribution >= 4 is 39.9 Å². The van der Waals surface area contributed by atoms with Gasteiger partial charge in [-0.25, -0.2) is 9.97 Å². The maximum absolute atomic E-state index is 6.14. The van der Waals surface area contributed by atoms with Gasteiger partial charge in [0.2, 0.25) is 0 Å². The fourth-order valence-corrected chi connectivity index (χ4v) is 2.34. The highest BCUT2D eigenvalue weighted by atomic mass is 35.5. The van der Waals surface area contributed by atoms with Gasteiger partial charge in [-0.1, -0.05) is 35.3 Å². The topological polar surface area (TPSA) is 51.8 Å². The maximum atomic E-state index is 6.14. The molecule has 2 N–H and O–H groups in total. The van der Waals surface area contributed by atoms with E-state index in [-0.39, 0.29) is 0 Å². The fraction of sp³-hybridized carbons (Fsp3) is 0.0667. The molecule has 0 aliphatic heterocycles. The molecule has 0 unspecified atom stereocenters. The summed E-state index contributed by atoms with van der Waals surface area (Å²) in [6.45, 7) is 1.95. The molecule has 0 radical (unpaired) electrons. The smallest absolute Gasteiger partial charge is 0.162 e. The van der Waals surface area contributed by atoms with Crippen LogP contribution in [0.3, 0.4) is 0 Å². The zero-order valence-corrected chi connectivity index (χ0v) is 12.2. The van der Waals surface area contributed by atoms with Crippen LogP contribution in [0.2, 0.25) is 10.0 Å². The lowest BCUT2D eigenvalue weighted by atomic mass is 10.1. The van der Waals surface area contributed by atoms with Crippen LogP contribution in [0.1, 0.15) is 5.56 Å². The van der Waals surface area contributed by atoms with E-state index in [1.807, 2.05) is 31.2 Å². The highest BCUT2D eigenvalue weighted by molar-refractivity contribution is 6.31. The summed E-state index contributed by atoms with van der Waals surface area (Å²) in [6.07, 6.45) is 0. The number of nitrogens with zero attached hydrogens (tertiary/aromatic N) is 2. The molecule has 3 rings (SSSR count). The summed E-state index contributed by atoms with van der Waals surface area (Å²) in [5.74, 6) is 0.970. The van der Waals surface area contributed by atoms with E-state index in [0.717, 1.165) is 22.0 Å². The molecular weight excluding hydrogens is 293 g/mol. The normalized spacial score (nSPS) is 10.9. The molecule has 100 valence electrons. The first-order chi connectivity index (χ1) is 9.54. The second kappa shape index (κ2) is 4.93. The first kappa shape index (κ1) is 13.2. The molecule has 1 heterocycles. The summed E-state index contributed by atoms with van der Waals surface area (Å²) in [4.78, 5) is 8.84. The van der Waals surface area contributed by atoms with Crippen LogP contribution in [0, 0.1) is 6.92 Å². The van der Waals surface area contributed by atoms with E-state index in [1.54, 1.807) is 12.1 Å². The van der Waals surface area contributed by atoms with Gasteiger partial charge in [-0.3, -0.25) is 0 Å². The van der Waals surface area contributed by atoms with E-state index in [4.69, 9.17) is 28.9 Å². The molecular formula is C15H11Cl2N3. The molecule has 5 heteroatoms. The Morgan fingerprint density at radius 1 is 1.00 bits per heavy atom. The van der Waals surface area contributed by atoms with E-state index in [1.165, 1.54) is 0 Å². The van der Waals surface area contributed by atoms with Gasteiger partial charge in [0, 0.05) is 21.0 Å². The van der Waals surface area contributed by atoms with Crippen LogP contribution in [-0.4, -0.2) is 9.97 Å². The van der Waals surface area contributed by atoms with Crippen molar-refractivity contribution < 1.29 is 0 Å². The summed E-state index contributed by atoms with van der Waals surface area (Å²) in [6, 6.07) is 11.0. The molecule has 0 fully saturated rings. The van der Waals surface area contributed by atoms with Crippen LogP contribution >= 0.6 is 23.2 Å². The number of hydrogen-bond donors (Lipinski definition) is 1. The van der Waals surface area contributed by atoms with E-state index >= 15 is 0 Å². The molecule has 0 amide bonds. The maximum Gasteiger partial charge on any atom is 0.162 e. The van der Waals surface area contributed by atoms with Gasteiger partial charge in [0.1, 0.15) is 5.82 Å². The largest absolute Gasteiger partial charge is 0.383 e. The van der Waals surface area contributed by atoms with Gasteiger partial charge in [0.15, 0.2) is 5.82 Å². The van der Waals surface area contributed by atoms with Crippen LogP contribution in [0.5, 0.6) is 0 Å². The minimum atomic E-state index is 0.429. The van der Waals surface area contributed by atoms with Gasteiger partial charge in [0.05, 0.1) is 5.52 Å². The summed E-state index contributed by atoms with van der Waals surface area (Å²) < 4.78 is 0. The predicted octanol–water partition coefficient (Wildman–Crippen LogP) is 4.49. The third kappa shape index (κ3) is 2.30. The van der Waals surface area contributed by atoms with Crippen molar-refractivity contribution in [1.82, 2.24) is 9.97 Å². The number of fused-ring (bicyclic) bond motifs is 1. The summed E-state index contributed by atoms with van der Waals surface area (Å²) in [5, 5.41) is 2.08. The Morgan fingerprint density at radius 3 is 2.55 bits per heavy atom. The SMILES string of the molecule is Cc1ccc(-c2nc(N)c3ccc(Cl)cc3n2)cc1Cl. The van der Waals surface area contributed by atoms with Gasteiger partial charge in [-0.05, 0) is 36.8 Å². The van der Waals surface area contributed by atoms with Gasteiger partial charge in [-0.2, -0.15) is 0 Å². The molecule has 2 aromatic carbocycles. The summed E-state index contributed by atoms with van der Waals surface area (Å²) in [5.41, 5.74) is 8.54. The van der Waals surface area contributed by atoms with E-state index in [2.05, 4.69) is 9.97 Å². The number of nitrogens with two attached hydrogens (primary N) is 1. The number of rotatable bonds is 1. The number of benzene rings is 2. The Balaban J connectivity index is 2.23. The van der Waals surface area contributed by atoms with Gasteiger partial charge < -0.3 is 5.73 Å². The lowest BCUT2D eigenvalue weighted by Gasteiger charge is -2.07. The molecule has 0 atom stereocenters. The zero-order chi connectivity index (χ0) is 14.3. The zero-order valence-electron chi connectivity index (χ0n) is 10.7. The van der Waals surface area contributed by atoms with Gasteiger partial charge in [-0.15, -0.1) is 0 Å². The Morgan fingerprint density at radius 2 is 1.80 bits per heavy atom. The molecule has 3 aromatic rings.